The molecule has 6 nitrogen and oxygen atoms in total. The molecule has 0 aliphatic rings. The second-order valence-electron chi connectivity index (χ2n) is 8.56. The number of hydrogen-bond donors (Lipinski definition) is 1. The molecule has 0 atom stereocenters. The lowest BCUT2D eigenvalue weighted by Crippen LogP contribution is -2.16. The van der Waals surface area contributed by atoms with E-state index in [-0.39, 0.29) is 12.2 Å². The largest absolute Gasteiger partial charge is 0.462 e. The highest BCUT2D eigenvalue weighted by atomic mass is 35.5. The Balaban J connectivity index is 1.72. The number of amides is 1. The third-order valence-corrected chi connectivity index (χ3v) is 7.65. The number of esters is 1. The van der Waals surface area contributed by atoms with E-state index in [2.05, 4.69) is 9.88 Å². The van der Waals surface area contributed by atoms with Crippen molar-refractivity contribution in [2.45, 2.75) is 34.2 Å². The average molecular weight is 532 g/mol. The minimum absolute atomic E-state index is 0.0592. The van der Waals surface area contributed by atoms with Gasteiger partial charge in [-0.05, 0) is 63.1 Å². The normalized spacial score (nSPS) is 11.4. The van der Waals surface area contributed by atoms with Gasteiger partial charge in [-0.1, -0.05) is 41.9 Å². The average Bonchev–Trinajstić information content (AvgIpc) is 3.30. The Morgan fingerprint density at radius 1 is 1.14 bits per heavy atom. The van der Waals surface area contributed by atoms with Gasteiger partial charge < -0.3 is 14.6 Å². The SMILES string of the molecule is CCOC(=O)c1c(NC(=O)/C(C#N)=C/c2c(C)n(Cc3ccc(Cl)cc3)c3ccccc23)sc(C)c1C. The number of thiophene rings is 1. The molecule has 8 heteroatoms. The standard InChI is InChI=1S/C29H26ClN3O3S/c1-5-36-29(35)26-17(2)19(4)37-28(26)32-27(34)21(15-31)14-24-18(3)33(25-9-7-6-8-23(24)25)16-20-10-12-22(30)13-11-20/h6-14H,5,16H2,1-4H3,(H,32,34)/b21-14+. The molecule has 0 unspecified atom stereocenters. The number of fused-ring (bicyclic) bond motifs is 1. The summed E-state index contributed by atoms with van der Waals surface area (Å²) >= 11 is 7.34. The molecule has 2 heterocycles. The van der Waals surface area contributed by atoms with E-state index in [9.17, 15) is 14.9 Å². The van der Waals surface area contributed by atoms with E-state index < -0.39 is 11.9 Å². The van der Waals surface area contributed by atoms with E-state index in [1.54, 1.807) is 13.0 Å². The fraction of sp³-hybridized carbons (Fsp3) is 0.207. The lowest BCUT2D eigenvalue weighted by molar-refractivity contribution is -0.112. The number of nitrogens with zero attached hydrogens (tertiary/aromatic N) is 2. The highest BCUT2D eigenvalue weighted by molar-refractivity contribution is 7.16. The first kappa shape index (κ1) is 26.2. The summed E-state index contributed by atoms with van der Waals surface area (Å²) in [6.45, 7) is 8.23. The molecule has 4 rings (SSSR count). The van der Waals surface area contributed by atoms with Crippen molar-refractivity contribution in [2.24, 2.45) is 0 Å². The summed E-state index contributed by atoms with van der Waals surface area (Å²) in [5.74, 6) is -1.08. The first-order valence-corrected chi connectivity index (χ1v) is 13.0. The minimum Gasteiger partial charge on any atom is -0.462 e. The minimum atomic E-state index is -0.580. The van der Waals surface area contributed by atoms with Crippen LogP contribution in [0.3, 0.4) is 0 Å². The van der Waals surface area contributed by atoms with Gasteiger partial charge in [-0.25, -0.2) is 4.79 Å². The van der Waals surface area contributed by atoms with Crippen molar-refractivity contribution >= 4 is 56.8 Å². The van der Waals surface area contributed by atoms with Gasteiger partial charge in [0.25, 0.3) is 5.91 Å². The Morgan fingerprint density at radius 2 is 1.84 bits per heavy atom. The number of aryl methyl sites for hydroxylation is 1. The number of nitrogens with one attached hydrogen (secondary N) is 1. The number of carbonyl (C=O) groups excluding carboxylic acids is 2. The van der Waals surface area contributed by atoms with Gasteiger partial charge >= 0.3 is 5.97 Å². The fourth-order valence-electron chi connectivity index (χ4n) is 4.24. The molecule has 0 aliphatic heterocycles. The summed E-state index contributed by atoms with van der Waals surface area (Å²) in [5.41, 5.74) is 4.81. The molecule has 0 aliphatic carbocycles. The number of halogens is 1. The summed E-state index contributed by atoms with van der Waals surface area (Å²) < 4.78 is 7.33. The Morgan fingerprint density at radius 3 is 2.51 bits per heavy atom. The van der Waals surface area contributed by atoms with Crippen LogP contribution in [0.4, 0.5) is 5.00 Å². The maximum Gasteiger partial charge on any atom is 0.341 e. The predicted octanol–water partition coefficient (Wildman–Crippen LogP) is 7.05. The summed E-state index contributed by atoms with van der Waals surface area (Å²) in [5, 5.41) is 14.7. The Labute approximate surface area is 224 Å². The van der Waals surface area contributed by atoms with Gasteiger partial charge in [-0.2, -0.15) is 5.26 Å². The van der Waals surface area contributed by atoms with Crippen molar-refractivity contribution in [3.63, 3.8) is 0 Å². The van der Waals surface area contributed by atoms with Crippen LogP contribution in [0.5, 0.6) is 0 Å². The predicted molar refractivity (Wildman–Crippen MR) is 149 cm³/mol. The molecule has 2 aromatic heterocycles. The van der Waals surface area contributed by atoms with E-state index in [1.807, 2.05) is 75.4 Å². The number of anilines is 1. The zero-order valence-corrected chi connectivity index (χ0v) is 22.6. The molecule has 0 spiro atoms. The van der Waals surface area contributed by atoms with Gasteiger partial charge in [0.1, 0.15) is 16.6 Å². The molecule has 0 radical (unpaired) electrons. The molecule has 2 aromatic carbocycles. The topological polar surface area (TPSA) is 84.1 Å². The monoisotopic (exact) mass is 531 g/mol. The van der Waals surface area contributed by atoms with Gasteiger partial charge in [0.2, 0.25) is 0 Å². The van der Waals surface area contributed by atoms with Crippen molar-refractivity contribution in [1.29, 1.82) is 5.26 Å². The smallest absolute Gasteiger partial charge is 0.341 e. The maximum absolute atomic E-state index is 13.2. The first-order valence-electron chi connectivity index (χ1n) is 11.8. The van der Waals surface area contributed by atoms with Crippen molar-refractivity contribution in [2.75, 3.05) is 11.9 Å². The number of ether oxygens (including phenoxy) is 1. The van der Waals surface area contributed by atoms with Crippen LogP contribution < -0.4 is 5.32 Å². The van der Waals surface area contributed by atoms with Crippen molar-refractivity contribution in [3.8, 4) is 6.07 Å². The zero-order chi connectivity index (χ0) is 26.7. The summed E-state index contributed by atoms with van der Waals surface area (Å²) in [7, 11) is 0. The van der Waals surface area contributed by atoms with Gasteiger partial charge in [0, 0.05) is 38.6 Å². The van der Waals surface area contributed by atoms with Gasteiger partial charge in [0.05, 0.1) is 12.2 Å². The molecule has 4 aromatic rings. The molecular formula is C29H26ClN3O3S. The second-order valence-corrected chi connectivity index (χ2v) is 10.2. The lowest BCUT2D eigenvalue weighted by Gasteiger charge is -2.09. The lowest BCUT2D eigenvalue weighted by atomic mass is 10.1. The van der Waals surface area contributed by atoms with Crippen LogP contribution in [-0.2, 0) is 16.1 Å². The van der Waals surface area contributed by atoms with Gasteiger partial charge in [0.15, 0.2) is 0 Å². The molecule has 0 fully saturated rings. The van der Waals surface area contributed by atoms with Crippen LogP contribution in [0.15, 0.2) is 54.1 Å². The zero-order valence-electron chi connectivity index (χ0n) is 21.0. The van der Waals surface area contributed by atoms with E-state index in [0.717, 1.165) is 38.2 Å². The van der Waals surface area contributed by atoms with Crippen LogP contribution in [0.25, 0.3) is 17.0 Å². The summed E-state index contributed by atoms with van der Waals surface area (Å²) in [6.07, 6.45) is 1.61. The maximum atomic E-state index is 13.2. The molecule has 0 saturated heterocycles. The number of carbonyl (C=O) groups is 2. The molecule has 37 heavy (non-hydrogen) atoms. The van der Waals surface area contributed by atoms with E-state index >= 15 is 0 Å². The van der Waals surface area contributed by atoms with Crippen LogP contribution in [0, 0.1) is 32.1 Å². The molecule has 0 saturated carbocycles. The number of hydrogen-bond acceptors (Lipinski definition) is 5. The Kier molecular flexibility index (Phi) is 7.82. The van der Waals surface area contributed by atoms with Crippen molar-refractivity contribution in [3.05, 3.63) is 92.0 Å². The first-order chi connectivity index (χ1) is 17.7. The number of para-hydroxylation sites is 1. The van der Waals surface area contributed by atoms with Crippen molar-refractivity contribution < 1.29 is 14.3 Å². The summed E-state index contributed by atoms with van der Waals surface area (Å²) in [4.78, 5) is 26.6. The molecule has 188 valence electrons. The number of rotatable bonds is 7. The number of benzene rings is 2. The third kappa shape index (κ3) is 5.31. The van der Waals surface area contributed by atoms with Crippen LogP contribution >= 0.6 is 22.9 Å². The molecular weight excluding hydrogens is 506 g/mol. The van der Waals surface area contributed by atoms with E-state index in [4.69, 9.17) is 16.3 Å². The van der Waals surface area contributed by atoms with Crippen LogP contribution in [0.1, 0.15) is 44.5 Å². The summed E-state index contributed by atoms with van der Waals surface area (Å²) in [6, 6.07) is 17.6. The van der Waals surface area contributed by atoms with Crippen LogP contribution in [0.2, 0.25) is 5.02 Å². The number of nitriles is 1. The molecule has 1 N–H and O–H groups in total. The highest BCUT2D eigenvalue weighted by Gasteiger charge is 2.23. The molecule has 0 bridgehead atoms. The highest BCUT2D eigenvalue weighted by Crippen LogP contribution is 2.34. The van der Waals surface area contributed by atoms with Gasteiger partial charge in [-0.3, -0.25) is 4.79 Å². The second kappa shape index (κ2) is 11.0. The fourth-order valence-corrected chi connectivity index (χ4v) is 5.41. The quantitative estimate of drug-likeness (QED) is 0.157. The van der Waals surface area contributed by atoms with Crippen LogP contribution in [-0.4, -0.2) is 23.1 Å². The Bertz CT molecular complexity index is 1570. The van der Waals surface area contributed by atoms with E-state index in [0.29, 0.717) is 22.1 Å². The van der Waals surface area contributed by atoms with E-state index in [1.165, 1.54) is 11.3 Å². The van der Waals surface area contributed by atoms with Crippen molar-refractivity contribution in [1.82, 2.24) is 4.57 Å². The molecule has 1 amide bonds. The number of aromatic nitrogens is 1. The van der Waals surface area contributed by atoms with Gasteiger partial charge in [-0.15, -0.1) is 11.3 Å². The Hall–Kier alpha value is -3.86. The third-order valence-electron chi connectivity index (χ3n) is 6.28.